The molecule has 0 bridgehead atoms. The Hall–Kier alpha value is -0.550. The number of rotatable bonds is 10. The molecule has 0 aromatic rings. The molecule has 0 aromatic heterocycles. The lowest BCUT2D eigenvalue weighted by Gasteiger charge is -2.17. The van der Waals surface area contributed by atoms with E-state index in [1.54, 1.807) is 4.72 Å². The van der Waals surface area contributed by atoms with E-state index in [4.69, 9.17) is 18.9 Å². The zero-order valence-electron chi connectivity index (χ0n) is 11.1. The van der Waals surface area contributed by atoms with Gasteiger partial charge in [0.25, 0.3) is 0 Å². The highest BCUT2D eigenvalue weighted by atomic mass is 32.2. The van der Waals surface area contributed by atoms with E-state index in [1.165, 1.54) is 0 Å². The molecule has 1 N–H and O–H groups in total. The standard InChI is InChI=1S/C11H16F3NO5S/c12-11(13,14)21-15-10(16)1-7(18-5-9-6-20-9)2-17-3-8-4-19-8/h7-9H,1-6H2,(H,15,16). The van der Waals surface area contributed by atoms with Gasteiger partial charge in [-0.25, -0.2) is 0 Å². The van der Waals surface area contributed by atoms with Gasteiger partial charge in [0.1, 0.15) is 12.2 Å². The van der Waals surface area contributed by atoms with Gasteiger partial charge in [-0.2, -0.15) is 13.2 Å². The maximum absolute atomic E-state index is 12.0. The average molecular weight is 331 g/mol. The summed E-state index contributed by atoms with van der Waals surface area (Å²) in [5.74, 6) is -0.759. The topological polar surface area (TPSA) is 72.6 Å². The molecular weight excluding hydrogens is 315 g/mol. The van der Waals surface area contributed by atoms with E-state index < -0.39 is 29.5 Å². The first kappa shape index (κ1) is 16.8. The number of ether oxygens (including phenoxy) is 4. The van der Waals surface area contributed by atoms with Crippen LogP contribution in [0, 0.1) is 0 Å². The lowest BCUT2D eigenvalue weighted by Crippen LogP contribution is -2.31. The van der Waals surface area contributed by atoms with E-state index >= 15 is 0 Å². The van der Waals surface area contributed by atoms with Gasteiger partial charge in [0, 0.05) is 0 Å². The van der Waals surface area contributed by atoms with Crippen LogP contribution in [0.25, 0.3) is 0 Å². The molecule has 0 aromatic carbocycles. The van der Waals surface area contributed by atoms with Gasteiger partial charge in [0.05, 0.1) is 57.5 Å². The normalized spacial score (nSPS) is 25.5. The second kappa shape index (κ2) is 7.63. The molecule has 2 aliphatic heterocycles. The van der Waals surface area contributed by atoms with Crippen LogP contribution in [0.2, 0.25) is 0 Å². The predicted molar refractivity (Wildman–Crippen MR) is 66.4 cm³/mol. The summed E-state index contributed by atoms with van der Waals surface area (Å²) in [6, 6.07) is 0. The minimum atomic E-state index is -4.51. The van der Waals surface area contributed by atoms with E-state index in [2.05, 4.69) is 0 Å². The Morgan fingerprint density at radius 2 is 1.90 bits per heavy atom. The number of amides is 1. The number of carbonyl (C=O) groups is 1. The van der Waals surface area contributed by atoms with E-state index in [-0.39, 0.29) is 25.2 Å². The van der Waals surface area contributed by atoms with Gasteiger partial charge in [-0.05, 0) is 0 Å². The molecule has 3 atom stereocenters. The fraction of sp³-hybridized carbons (Fsp3) is 0.909. The van der Waals surface area contributed by atoms with Crippen molar-refractivity contribution in [2.45, 2.75) is 30.2 Å². The number of hydrogen-bond acceptors (Lipinski definition) is 6. The van der Waals surface area contributed by atoms with Crippen molar-refractivity contribution in [2.75, 3.05) is 33.0 Å². The van der Waals surface area contributed by atoms with Crippen molar-refractivity contribution in [1.82, 2.24) is 4.72 Å². The van der Waals surface area contributed by atoms with Gasteiger partial charge >= 0.3 is 5.51 Å². The molecule has 0 aliphatic carbocycles. The van der Waals surface area contributed by atoms with Crippen LogP contribution >= 0.6 is 11.9 Å². The molecule has 21 heavy (non-hydrogen) atoms. The Kier molecular flexibility index (Phi) is 6.11. The number of halogens is 3. The quantitative estimate of drug-likeness (QED) is 0.473. The van der Waals surface area contributed by atoms with Crippen molar-refractivity contribution < 1.29 is 36.9 Å². The molecule has 2 saturated heterocycles. The molecule has 122 valence electrons. The van der Waals surface area contributed by atoms with Crippen LogP contribution in [-0.2, 0) is 23.7 Å². The lowest BCUT2D eigenvalue weighted by molar-refractivity contribution is -0.124. The lowest BCUT2D eigenvalue weighted by atomic mass is 10.2. The average Bonchev–Trinajstić information content (AvgIpc) is 3.25. The largest absolute Gasteiger partial charge is 0.461 e. The van der Waals surface area contributed by atoms with Crippen LogP contribution in [0.1, 0.15) is 6.42 Å². The number of alkyl halides is 3. The Balaban J connectivity index is 1.65. The summed E-state index contributed by atoms with van der Waals surface area (Å²) in [7, 11) is 0. The Morgan fingerprint density at radius 1 is 1.29 bits per heavy atom. The summed E-state index contributed by atoms with van der Waals surface area (Å²) in [5, 5.41) is 0. The van der Waals surface area contributed by atoms with Crippen LogP contribution in [0.3, 0.4) is 0 Å². The Bertz CT molecular complexity index is 349. The van der Waals surface area contributed by atoms with Gasteiger partial charge in [0.2, 0.25) is 5.91 Å². The first-order valence-corrected chi connectivity index (χ1v) is 7.20. The fourth-order valence-corrected chi connectivity index (χ4v) is 1.74. The number of carbonyl (C=O) groups excluding carboxylic acids is 1. The van der Waals surface area contributed by atoms with Crippen LogP contribution in [0.4, 0.5) is 13.2 Å². The van der Waals surface area contributed by atoms with E-state index in [9.17, 15) is 18.0 Å². The van der Waals surface area contributed by atoms with Gasteiger partial charge in [-0.15, -0.1) is 0 Å². The predicted octanol–water partition coefficient (Wildman–Crippen LogP) is 0.860. The molecular formula is C11H16F3NO5S. The summed E-state index contributed by atoms with van der Waals surface area (Å²) in [5.41, 5.74) is -4.51. The molecule has 2 rings (SSSR count). The molecule has 2 aliphatic rings. The highest BCUT2D eigenvalue weighted by Crippen LogP contribution is 2.27. The summed E-state index contributed by atoms with van der Waals surface area (Å²) < 4.78 is 58.3. The number of epoxide rings is 2. The van der Waals surface area contributed by atoms with Crippen molar-refractivity contribution >= 4 is 17.9 Å². The first-order chi connectivity index (χ1) is 9.92. The van der Waals surface area contributed by atoms with Crippen molar-refractivity contribution in [3.63, 3.8) is 0 Å². The summed E-state index contributed by atoms with van der Waals surface area (Å²) >= 11 is -0.581. The fourth-order valence-electron chi connectivity index (χ4n) is 1.43. The van der Waals surface area contributed by atoms with Crippen LogP contribution < -0.4 is 4.72 Å². The maximum atomic E-state index is 12.0. The third kappa shape index (κ3) is 8.47. The van der Waals surface area contributed by atoms with Crippen molar-refractivity contribution in [2.24, 2.45) is 0 Å². The van der Waals surface area contributed by atoms with Crippen molar-refractivity contribution in [1.29, 1.82) is 0 Å². The maximum Gasteiger partial charge on any atom is 0.461 e. The zero-order valence-corrected chi connectivity index (χ0v) is 11.9. The minimum absolute atomic E-state index is 0.00637. The smallest absolute Gasteiger partial charge is 0.376 e. The molecule has 0 saturated carbocycles. The van der Waals surface area contributed by atoms with Crippen LogP contribution in [0.15, 0.2) is 0 Å². The minimum Gasteiger partial charge on any atom is -0.376 e. The van der Waals surface area contributed by atoms with E-state index in [0.29, 0.717) is 26.4 Å². The Morgan fingerprint density at radius 3 is 2.48 bits per heavy atom. The van der Waals surface area contributed by atoms with Crippen LogP contribution in [0.5, 0.6) is 0 Å². The second-order valence-corrected chi connectivity index (χ2v) is 5.55. The molecule has 0 spiro atoms. The van der Waals surface area contributed by atoms with E-state index in [0.717, 1.165) is 0 Å². The first-order valence-electron chi connectivity index (χ1n) is 6.38. The SMILES string of the molecule is O=C(CC(COCC1CO1)OCC1CO1)NSC(F)(F)F. The molecule has 3 unspecified atom stereocenters. The molecule has 1 amide bonds. The highest BCUT2D eigenvalue weighted by Gasteiger charge is 2.31. The number of hydrogen-bond donors (Lipinski definition) is 1. The monoisotopic (exact) mass is 331 g/mol. The molecule has 2 heterocycles. The summed E-state index contributed by atoms with van der Waals surface area (Å²) in [6.07, 6.45) is -0.734. The third-order valence-electron chi connectivity index (χ3n) is 2.62. The molecule has 6 nitrogen and oxygen atoms in total. The second-order valence-electron chi connectivity index (χ2n) is 4.68. The molecule has 0 radical (unpaired) electrons. The van der Waals surface area contributed by atoms with Gasteiger partial charge < -0.3 is 18.9 Å². The summed E-state index contributed by atoms with van der Waals surface area (Å²) in [6.45, 7) is 2.05. The number of nitrogens with one attached hydrogen (secondary N) is 1. The van der Waals surface area contributed by atoms with E-state index in [1.807, 2.05) is 0 Å². The Labute approximate surface area is 123 Å². The molecule has 2 fully saturated rings. The zero-order chi connectivity index (χ0) is 15.3. The molecule has 10 heteroatoms. The van der Waals surface area contributed by atoms with Gasteiger partial charge in [-0.1, -0.05) is 0 Å². The highest BCUT2D eigenvalue weighted by molar-refractivity contribution is 7.98. The third-order valence-corrected chi connectivity index (χ3v) is 3.18. The van der Waals surface area contributed by atoms with Gasteiger partial charge in [0.15, 0.2) is 0 Å². The van der Waals surface area contributed by atoms with Crippen molar-refractivity contribution in [3.05, 3.63) is 0 Å². The van der Waals surface area contributed by atoms with Gasteiger partial charge in [-0.3, -0.25) is 9.52 Å². The van der Waals surface area contributed by atoms with Crippen LogP contribution in [-0.4, -0.2) is 62.8 Å². The summed E-state index contributed by atoms with van der Waals surface area (Å²) in [4.78, 5) is 11.4. The van der Waals surface area contributed by atoms with Crippen molar-refractivity contribution in [3.8, 4) is 0 Å².